The van der Waals surface area contributed by atoms with Crippen molar-refractivity contribution in [3.05, 3.63) is 36.4 Å². The van der Waals surface area contributed by atoms with Crippen molar-refractivity contribution in [2.24, 2.45) is 5.92 Å². The molecule has 3 heterocycles. The van der Waals surface area contributed by atoms with Gasteiger partial charge in [0.1, 0.15) is 6.33 Å². The van der Waals surface area contributed by atoms with Gasteiger partial charge >= 0.3 is 0 Å². The Morgan fingerprint density at radius 1 is 1.17 bits per heavy atom. The van der Waals surface area contributed by atoms with Crippen LogP contribution < -0.4 is 4.90 Å². The Labute approximate surface area is 142 Å². The van der Waals surface area contributed by atoms with Crippen molar-refractivity contribution in [2.45, 2.75) is 19.8 Å². The number of allylic oxidation sites excluding steroid dienone is 4. The average molecular weight is 324 g/mol. The van der Waals surface area contributed by atoms with Crippen molar-refractivity contribution >= 4 is 17.0 Å². The predicted molar refractivity (Wildman–Crippen MR) is 96.0 cm³/mol. The predicted octanol–water partition coefficient (Wildman–Crippen LogP) is 2.25. The van der Waals surface area contributed by atoms with Gasteiger partial charge in [0.15, 0.2) is 11.5 Å². The normalized spacial score (nSPS) is 22.2. The molecule has 6 nitrogen and oxygen atoms in total. The number of likely N-dealkylation sites (N-methyl/N-ethyl adjacent to an activating group) is 1. The summed E-state index contributed by atoms with van der Waals surface area (Å²) in [7, 11) is 2.16. The third-order valence-electron chi connectivity index (χ3n) is 5.10. The Bertz CT molecular complexity index is 782. The molecule has 2 aliphatic rings. The topological polar surface area (TPSA) is 49.6 Å². The first-order chi connectivity index (χ1) is 11.8. The fourth-order valence-corrected chi connectivity index (χ4v) is 3.48. The molecule has 2 aromatic rings. The van der Waals surface area contributed by atoms with E-state index >= 15 is 0 Å². The van der Waals surface area contributed by atoms with Gasteiger partial charge in [-0.1, -0.05) is 25.2 Å². The van der Waals surface area contributed by atoms with E-state index in [9.17, 15) is 0 Å². The first kappa shape index (κ1) is 15.3. The van der Waals surface area contributed by atoms with Crippen molar-refractivity contribution in [2.75, 3.05) is 38.1 Å². The van der Waals surface area contributed by atoms with E-state index in [-0.39, 0.29) is 0 Å². The molecular formula is C18H24N6. The molecule has 0 spiro atoms. The lowest BCUT2D eigenvalue weighted by Gasteiger charge is -2.33. The lowest BCUT2D eigenvalue weighted by atomic mass is 9.91. The number of hydrogen-bond acceptors (Lipinski definition) is 5. The van der Waals surface area contributed by atoms with Crippen LogP contribution in [0.25, 0.3) is 11.2 Å². The van der Waals surface area contributed by atoms with E-state index in [4.69, 9.17) is 4.98 Å². The van der Waals surface area contributed by atoms with Gasteiger partial charge in [0.2, 0.25) is 0 Å². The van der Waals surface area contributed by atoms with Gasteiger partial charge in [-0.3, -0.25) is 0 Å². The minimum Gasteiger partial charge on any atom is -0.351 e. The van der Waals surface area contributed by atoms with Crippen LogP contribution in [0.1, 0.15) is 25.5 Å². The molecular weight excluding hydrogens is 300 g/mol. The van der Waals surface area contributed by atoms with E-state index in [0.29, 0.717) is 5.92 Å². The monoisotopic (exact) mass is 324 g/mol. The van der Waals surface area contributed by atoms with E-state index in [2.05, 4.69) is 52.1 Å². The summed E-state index contributed by atoms with van der Waals surface area (Å²) in [5.74, 6) is 1.55. The molecule has 0 radical (unpaired) electrons. The molecule has 24 heavy (non-hydrogen) atoms. The van der Waals surface area contributed by atoms with E-state index < -0.39 is 0 Å². The first-order valence-corrected chi connectivity index (χ1v) is 8.76. The third kappa shape index (κ3) is 2.71. The SMILES string of the molecule is CCC1C=CC=C(c2cnc(N3CCN(C)CC3)c3ncnn23)C1. The number of piperazine rings is 1. The van der Waals surface area contributed by atoms with E-state index in [1.54, 1.807) is 6.33 Å². The summed E-state index contributed by atoms with van der Waals surface area (Å²) in [6, 6.07) is 0. The van der Waals surface area contributed by atoms with Gasteiger partial charge in [0, 0.05) is 26.2 Å². The zero-order chi connectivity index (χ0) is 16.5. The van der Waals surface area contributed by atoms with E-state index in [1.807, 2.05) is 10.7 Å². The Morgan fingerprint density at radius 3 is 2.79 bits per heavy atom. The molecule has 0 N–H and O–H groups in total. The van der Waals surface area contributed by atoms with Gasteiger partial charge in [0.25, 0.3) is 0 Å². The van der Waals surface area contributed by atoms with Crippen molar-refractivity contribution in [1.82, 2.24) is 24.5 Å². The van der Waals surface area contributed by atoms with Gasteiger partial charge in [-0.25, -0.2) is 14.5 Å². The van der Waals surface area contributed by atoms with Crippen LogP contribution in [0.2, 0.25) is 0 Å². The molecule has 0 saturated carbocycles. The van der Waals surface area contributed by atoms with Crippen LogP contribution in [0.3, 0.4) is 0 Å². The van der Waals surface area contributed by atoms with Crippen LogP contribution in [0.15, 0.2) is 30.8 Å². The Balaban J connectivity index is 1.70. The van der Waals surface area contributed by atoms with Gasteiger partial charge in [-0.15, -0.1) is 0 Å². The second kappa shape index (κ2) is 6.36. The Hall–Kier alpha value is -2.21. The first-order valence-electron chi connectivity index (χ1n) is 8.76. The van der Waals surface area contributed by atoms with Crippen molar-refractivity contribution in [3.8, 4) is 0 Å². The molecule has 1 aliphatic heterocycles. The number of anilines is 1. The Morgan fingerprint density at radius 2 is 2.00 bits per heavy atom. The van der Waals surface area contributed by atoms with Crippen LogP contribution in [0.4, 0.5) is 5.82 Å². The largest absolute Gasteiger partial charge is 0.351 e. The number of nitrogens with zero attached hydrogens (tertiary/aromatic N) is 6. The van der Waals surface area contributed by atoms with Crippen LogP contribution >= 0.6 is 0 Å². The van der Waals surface area contributed by atoms with Gasteiger partial charge in [-0.2, -0.15) is 5.10 Å². The van der Waals surface area contributed by atoms with Crippen LogP contribution in [-0.2, 0) is 0 Å². The molecule has 0 amide bonds. The molecule has 1 fully saturated rings. The molecule has 2 aromatic heterocycles. The second-order valence-electron chi connectivity index (χ2n) is 6.70. The van der Waals surface area contributed by atoms with Crippen LogP contribution in [0, 0.1) is 5.92 Å². The highest BCUT2D eigenvalue weighted by atomic mass is 15.3. The quantitative estimate of drug-likeness (QED) is 0.867. The summed E-state index contributed by atoms with van der Waals surface area (Å²) < 4.78 is 1.96. The number of aromatic nitrogens is 4. The average Bonchev–Trinajstić information content (AvgIpc) is 3.11. The zero-order valence-corrected chi connectivity index (χ0v) is 14.4. The molecule has 1 unspecified atom stereocenters. The summed E-state index contributed by atoms with van der Waals surface area (Å²) in [6.45, 7) is 6.30. The van der Waals surface area contributed by atoms with E-state index in [0.717, 1.165) is 56.2 Å². The molecule has 1 atom stereocenters. The molecule has 0 bridgehead atoms. The fraction of sp³-hybridized carbons (Fsp3) is 0.500. The summed E-state index contributed by atoms with van der Waals surface area (Å²) in [4.78, 5) is 13.9. The zero-order valence-electron chi connectivity index (χ0n) is 14.4. The number of hydrogen-bond donors (Lipinski definition) is 0. The molecule has 6 heteroatoms. The fourth-order valence-electron chi connectivity index (χ4n) is 3.48. The van der Waals surface area contributed by atoms with Gasteiger partial charge in [-0.05, 0) is 31.4 Å². The van der Waals surface area contributed by atoms with Crippen molar-refractivity contribution in [1.29, 1.82) is 0 Å². The highest BCUT2D eigenvalue weighted by molar-refractivity contribution is 5.72. The van der Waals surface area contributed by atoms with Gasteiger partial charge in [0.05, 0.1) is 11.9 Å². The number of rotatable bonds is 3. The van der Waals surface area contributed by atoms with Crippen molar-refractivity contribution < 1.29 is 0 Å². The Kier molecular flexibility index (Phi) is 4.06. The van der Waals surface area contributed by atoms with Gasteiger partial charge < -0.3 is 9.80 Å². The summed E-state index contributed by atoms with van der Waals surface area (Å²) in [6.07, 6.45) is 12.4. The molecule has 126 valence electrons. The minimum absolute atomic E-state index is 0.598. The third-order valence-corrected chi connectivity index (χ3v) is 5.10. The molecule has 1 saturated heterocycles. The highest BCUT2D eigenvalue weighted by Gasteiger charge is 2.21. The highest BCUT2D eigenvalue weighted by Crippen LogP contribution is 2.30. The summed E-state index contributed by atoms with van der Waals surface area (Å²) in [5.41, 5.74) is 3.21. The summed E-state index contributed by atoms with van der Waals surface area (Å²) in [5, 5.41) is 4.48. The minimum atomic E-state index is 0.598. The lowest BCUT2D eigenvalue weighted by molar-refractivity contribution is 0.312. The van der Waals surface area contributed by atoms with Crippen molar-refractivity contribution in [3.63, 3.8) is 0 Å². The van der Waals surface area contributed by atoms with E-state index in [1.165, 1.54) is 5.57 Å². The molecule has 4 rings (SSSR count). The molecule has 0 aromatic carbocycles. The second-order valence-corrected chi connectivity index (χ2v) is 6.70. The summed E-state index contributed by atoms with van der Waals surface area (Å²) >= 11 is 0. The maximum absolute atomic E-state index is 4.77. The smallest absolute Gasteiger partial charge is 0.199 e. The lowest BCUT2D eigenvalue weighted by Crippen LogP contribution is -2.45. The number of fused-ring (bicyclic) bond motifs is 1. The standard InChI is InChI=1S/C18H24N6/c1-3-14-5-4-6-15(11-14)16-12-19-17(18-20-13-21-24(16)18)23-9-7-22(2)8-10-23/h4-6,12-14H,3,7-11H2,1-2H3. The van der Waals surface area contributed by atoms with Crippen LogP contribution in [0.5, 0.6) is 0 Å². The maximum atomic E-state index is 4.77. The van der Waals surface area contributed by atoms with Crippen LogP contribution in [-0.4, -0.2) is 57.7 Å². The molecule has 1 aliphatic carbocycles. The maximum Gasteiger partial charge on any atom is 0.199 e.